The highest BCUT2D eigenvalue weighted by Crippen LogP contribution is 2.24. The maximum atomic E-state index is 5.87. The summed E-state index contributed by atoms with van der Waals surface area (Å²) in [5.74, 6) is 0.956. The van der Waals surface area contributed by atoms with Crippen LogP contribution in [0.2, 0.25) is 0 Å². The van der Waals surface area contributed by atoms with E-state index in [1.807, 2.05) is 43.3 Å². The fourth-order valence-electron chi connectivity index (χ4n) is 2.24. The molecule has 2 rings (SSSR count). The lowest BCUT2D eigenvalue weighted by Gasteiger charge is -2.24. The fraction of sp³-hybridized carbons (Fsp3) is 0.294. The van der Waals surface area contributed by atoms with Gasteiger partial charge in [0.15, 0.2) is 0 Å². The number of para-hydroxylation sites is 1. The molecule has 0 fully saturated rings. The third-order valence-corrected chi connectivity index (χ3v) is 3.25. The monoisotopic (exact) mass is 270 g/mol. The SMILES string of the molecule is CCOc1ccccc1CN(CC)c1cccc(N)c1. The summed E-state index contributed by atoms with van der Waals surface area (Å²) in [7, 11) is 0. The fourth-order valence-corrected chi connectivity index (χ4v) is 2.24. The molecular weight excluding hydrogens is 248 g/mol. The van der Waals surface area contributed by atoms with E-state index in [0.29, 0.717) is 6.61 Å². The van der Waals surface area contributed by atoms with E-state index >= 15 is 0 Å². The second-order valence-electron chi connectivity index (χ2n) is 4.65. The van der Waals surface area contributed by atoms with Crippen molar-refractivity contribution in [3.8, 4) is 5.75 Å². The number of anilines is 2. The number of rotatable bonds is 6. The number of nitrogens with zero attached hydrogens (tertiary/aromatic N) is 1. The Bertz CT molecular complexity index is 554. The van der Waals surface area contributed by atoms with E-state index in [9.17, 15) is 0 Å². The molecule has 0 aliphatic rings. The van der Waals surface area contributed by atoms with Crippen LogP contribution in [0.4, 0.5) is 11.4 Å². The van der Waals surface area contributed by atoms with Gasteiger partial charge < -0.3 is 15.4 Å². The van der Waals surface area contributed by atoms with Crippen LogP contribution in [0.1, 0.15) is 19.4 Å². The van der Waals surface area contributed by atoms with Crippen LogP contribution in [0.15, 0.2) is 48.5 Å². The van der Waals surface area contributed by atoms with E-state index in [1.165, 1.54) is 5.56 Å². The van der Waals surface area contributed by atoms with Crippen LogP contribution in [0.3, 0.4) is 0 Å². The quantitative estimate of drug-likeness (QED) is 0.813. The molecule has 0 spiro atoms. The summed E-state index contributed by atoms with van der Waals surface area (Å²) in [5, 5.41) is 0. The molecule has 0 saturated carbocycles. The maximum absolute atomic E-state index is 5.87. The van der Waals surface area contributed by atoms with Crippen molar-refractivity contribution in [3.63, 3.8) is 0 Å². The molecule has 0 aliphatic heterocycles. The van der Waals surface area contributed by atoms with E-state index in [1.54, 1.807) is 0 Å². The first-order chi connectivity index (χ1) is 9.74. The van der Waals surface area contributed by atoms with Gasteiger partial charge in [-0.15, -0.1) is 0 Å². The van der Waals surface area contributed by atoms with Crippen molar-refractivity contribution in [1.29, 1.82) is 0 Å². The summed E-state index contributed by atoms with van der Waals surface area (Å²) in [6.07, 6.45) is 0. The third-order valence-electron chi connectivity index (χ3n) is 3.25. The molecule has 0 radical (unpaired) electrons. The molecule has 0 aliphatic carbocycles. The zero-order valence-corrected chi connectivity index (χ0v) is 12.2. The van der Waals surface area contributed by atoms with Crippen molar-refractivity contribution in [2.75, 3.05) is 23.8 Å². The Kier molecular flexibility index (Phi) is 4.88. The van der Waals surface area contributed by atoms with Crippen molar-refractivity contribution in [2.45, 2.75) is 20.4 Å². The van der Waals surface area contributed by atoms with Gasteiger partial charge in [0.25, 0.3) is 0 Å². The number of benzene rings is 2. The van der Waals surface area contributed by atoms with Crippen LogP contribution in [-0.2, 0) is 6.54 Å². The largest absolute Gasteiger partial charge is 0.494 e. The van der Waals surface area contributed by atoms with Gasteiger partial charge in [-0.25, -0.2) is 0 Å². The highest BCUT2D eigenvalue weighted by molar-refractivity contribution is 5.56. The Morgan fingerprint density at radius 3 is 2.55 bits per heavy atom. The predicted octanol–water partition coefficient (Wildman–Crippen LogP) is 3.69. The molecule has 2 aromatic carbocycles. The minimum Gasteiger partial charge on any atom is -0.494 e. The number of hydrogen-bond donors (Lipinski definition) is 1. The van der Waals surface area contributed by atoms with E-state index < -0.39 is 0 Å². The lowest BCUT2D eigenvalue weighted by atomic mass is 10.1. The van der Waals surface area contributed by atoms with Crippen LogP contribution in [0.5, 0.6) is 5.75 Å². The Morgan fingerprint density at radius 1 is 1.05 bits per heavy atom. The average molecular weight is 270 g/mol. The highest BCUT2D eigenvalue weighted by atomic mass is 16.5. The van der Waals surface area contributed by atoms with E-state index in [-0.39, 0.29) is 0 Å². The van der Waals surface area contributed by atoms with Crippen molar-refractivity contribution < 1.29 is 4.74 Å². The predicted molar refractivity (Wildman–Crippen MR) is 85.2 cm³/mol. The normalized spacial score (nSPS) is 10.3. The van der Waals surface area contributed by atoms with Gasteiger partial charge in [-0.1, -0.05) is 24.3 Å². The average Bonchev–Trinajstić information content (AvgIpc) is 2.46. The molecular formula is C17H22N2O. The molecule has 0 saturated heterocycles. The number of nitrogens with two attached hydrogens (primary N) is 1. The molecule has 2 aromatic rings. The first-order valence-corrected chi connectivity index (χ1v) is 7.05. The van der Waals surface area contributed by atoms with Crippen LogP contribution in [0, 0.1) is 0 Å². The van der Waals surface area contributed by atoms with Crippen molar-refractivity contribution >= 4 is 11.4 Å². The van der Waals surface area contributed by atoms with Gasteiger partial charge in [0, 0.05) is 30.0 Å². The van der Waals surface area contributed by atoms with Crippen LogP contribution in [0.25, 0.3) is 0 Å². The van der Waals surface area contributed by atoms with Gasteiger partial charge in [0.2, 0.25) is 0 Å². The summed E-state index contributed by atoms with van der Waals surface area (Å²) >= 11 is 0. The topological polar surface area (TPSA) is 38.5 Å². The smallest absolute Gasteiger partial charge is 0.124 e. The molecule has 0 heterocycles. The van der Waals surface area contributed by atoms with Crippen molar-refractivity contribution in [1.82, 2.24) is 0 Å². The maximum Gasteiger partial charge on any atom is 0.124 e. The summed E-state index contributed by atoms with van der Waals surface area (Å²) in [4.78, 5) is 2.29. The van der Waals surface area contributed by atoms with Crippen molar-refractivity contribution in [2.24, 2.45) is 0 Å². The van der Waals surface area contributed by atoms with E-state index in [0.717, 1.165) is 30.2 Å². The van der Waals surface area contributed by atoms with Gasteiger partial charge in [0.1, 0.15) is 5.75 Å². The molecule has 0 atom stereocenters. The molecule has 106 valence electrons. The zero-order chi connectivity index (χ0) is 14.4. The van der Waals surface area contributed by atoms with E-state index in [4.69, 9.17) is 10.5 Å². The first-order valence-electron chi connectivity index (χ1n) is 7.05. The van der Waals surface area contributed by atoms with Crippen LogP contribution in [-0.4, -0.2) is 13.2 Å². The molecule has 2 N–H and O–H groups in total. The van der Waals surface area contributed by atoms with Gasteiger partial charge in [-0.3, -0.25) is 0 Å². The van der Waals surface area contributed by atoms with Gasteiger partial charge in [-0.2, -0.15) is 0 Å². The van der Waals surface area contributed by atoms with Gasteiger partial charge >= 0.3 is 0 Å². The second kappa shape index (κ2) is 6.85. The Morgan fingerprint density at radius 2 is 1.85 bits per heavy atom. The molecule has 3 heteroatoms. The van der Waals surface area contributed by atoms with Gasteiger partial charge in [0.05, 0.1) is 6.61 Å². The molecule has 0 unspecified atom stereocenters. The standard InChI is InChI=1S/C17H22N2O/c1-3-19(16-10-7-9-15(18)12-16)13-14-8-5-6-11-17(14)20-4-2/h5-12H,3-4,13,18H2,1-2H3. The number of ether oxygens (including phenoxy) is 1. The summed E-state index contributed by atoms with van der Waals surface area (Å²) < 4.78 is 5.69. The Balaban J connectivity index is 2.22. The lowest BCUT2D eigenvalue weighted by Crippen LogP contribution is -2.22. The van der Waals surface area contributed by atoms with Crippen LogP contribution >= 0.6 is 0 Å². The summed E-state index contributed by atoms with van der Waals surface area (Å²) in [5.41, 5.74) is 8.99. The first kappa shape index (κ1) is 14.3. The van der Waals surface area contributed by atoms with Crippen molar-refractivity contribution in [3.05, 3.63) is 54.1 Å². The second-order valence-corrected chi connectivity index (χ2v) is 4.65. The minimum atomic E-state index is 0.682. The third kappa shape index (κ3) is 3.44. The molecule has 3 nitrogen and oxygen atoms in total. The zero-order valence-electron chi connectivity index (χ0n) is 12.2. The Hall–Kier alpha value is -2.16. The molecule has 0 amide bonds. The van der Waals surface area contributed by atoms with Crippen LogP contribution < -0.4 is 15.4 Å². The molecule has 20 heavy (non-hydrogen) atoms. The minimum absolute atomic E-state index is 0.682. The van der Waals surface area contributed by atoms with Gasteiger partial charge in [-0.05, 0) is 38.1 Å². The summed E-state index contributed by atoms with van der Waals surface area (Å²) in [6.45, 7) is 6.57. The lowest BCUT2D eigenvalue weighted by molar-refractivity contribution is 0.336. The number of nitrogen functional groups attached to an aromatic ring is 1. The highest BCUT2D eigenvalue weighted by Gasteiger charge is 2.09. The number of hydrogen-bond acceptors (Lipinski definition) is 3. The summed E-state index contributed by atoms with van der Waals surface area (Å²) in [6, 6.07) is 16.2. The molecule has 0 bridgehead atoms. The Labute approximate surface area is 121 Å². The molecule has 0 aromatic heterocycles. The van der Waals surface area contributed by atoms with E-state index in [2.05, 4.69) is 24.0 Å².